The van der Waals surface area contributed by atoms with Crippen LogP contribution in [0.3, 0.4) is 0 Å². The van der Waals surface area contributed by atoms with Gasteiger partial charge in [0.25, 0.3) is 0 Å². The van der Waals surface area contributed by atoms with Crippen LogP contribution >= 0.6 is 0 Å². The van der Waals surface area contributed by atoms with E-state index in [2.05, 4.69) is 0 Å². The molecule has 17 nitrogen and oxygen atoms in total. The molecule has 0 aliphatic carbocycles. The van der Waals surface area contributed by atoms with Crippen LogP contribution in [0.15, 0.2) is 0 Å². The highest BCUT2D eigenvalue weighted by Crippen LogP contribution is 2.25. The molecule has 0 bridgehead atoms. The lowest BCUT2D eigenvalue weighted by Gasteiger charge is -2.34. The smallest absolute Gasteiger partial charge is 0.104 e. The standard InChI is InChI=1S/C40H82O17/c1-9-40(26-51-22-37(55-17-34(7)46)19-48-13-30(3)42,27-52-23-38(56-18-35(8)47)20-49-14-31(4)43)28-53-24-39(21-50-15-32(5)44)57-25-36(54-16-33(6)45)12-10-11-29(2)41/h29-39,41-47H,9-28H2,1-8H3. The van der Waals surface area contributed by atoms with Gasteiger partial charge in [0, 0.05) is 5.41 Å². The Bertz CT molecular complexity index is 841. The molecule has 0 aliphatic heterocycles. The zero-order valence-electron chi connectivity index (χ0n) is 36.2. The predicted octanol–water partition coefficient (Wildman–Crippen LogP) is 0.859. The second kappa shape index (κ2) is 35.0. The lowest BCUT2D eigenvalue weighted by molar-refractivity contribution is -0.140. The molecular formula is C40H82O17. The van der Waals surface area contributed by atoms with Crippen molar-refractivity contribution in [1.82, 2.24) is 0 Å². The van der Waals surface area contributed by atoms with Gasteiger partial charge in [-0.2, -0.15) is 0 Å². The van der Waals surface area contributed by atoms with Crippen LogP contribution in [-0.4, -0.2) is 209 Å². The molecule has 0 amide bonds. The van der Waals surface area contributed by atoms with E-state index < -0.39 is 66.5 Å². The van der Waals surface area contributed by atoms with E-state index in [0.717, 1.165) is 0 Å². The number of aliphatic hydroxyl groups is 7. The van der Waals surface area contributed by atoms with E-state index in [0.29, 0.717) is 25.7 Å². The molecule has 0 saturated carbocycles. The molecule has 0 heterocycles. The van der Waals surface area contributed by atoms with Gasteiger partial charge in [0.1, 0.15) is 18.3 Å². The average molecular weight is 835 g/mol. The molecule has 344 valence electrons. The van der Waals surface area contributed by atoms with Crippen LogP contribution in [0.1, 0.15) is 81.1 Å². The Kier molecular flexibility index (Phi) is 34.6. The third kappa shape index (κ3) is 34.7. The fourth-order valence-corrected chi connectivity index (χ4v) is 5.12. The summed E-state index contributed by atoms with van der Waals surface area (Å²) in [5.41, 5.74) is -0.681. The summed E-state index contributed by atoms with van der Waals surface area (Å²) in [4.78, 5) is 0. The molecule has 0 radical (unpaired) electrons. The molecule has 17 heteroatoms. The van der Waals surface area contributed by atoms with Gasteiger partial charge in [-0.3, -0.25) is 0 Å². The minimum absolute atomic E-state index is 0.0756. The highest BCUT2D eigenvalue weighted by molar-refractivity contribution is 4.79. The second-order valence-corrected chi connectivity index (χ2v) is 15.7. The second-order valence-electron chi connectivity index (χ2n) is 15.7. The lowest BCUT2D eigenvalue weighted by Crippen LogP contribution is -2.41. The normalized spacial score (nSPS) is 19.2. The van der Waals surface area contributed by atoms with Crippen LogP contribution in [0, 0.1) is 5.41 Å². The van der Waals surface area contributed by atoms with Gasteiger partial charge in [0.05, 0.1) is 155 Å². The van der Waals surface area contributed by atoms with E-state index in [4.69, 9.17) is 47.4 Å². The Morgan fingerprint density at radius 3 is 0.930 bits per heavy atom. The summed E-state index contributed by atoms with van der Waals surface area (Å²) in [6.07, 6.45) is -3.88. The zero-order chi connectivity index (χ0) is 43.1. The maximum atomic E-state index is 9.82. The molecule has 0 aromatic heterocycles. The molecule has 0 spiro atoms. The highest BCUT2D eigenvalue weighted by Gasteiger charge is 2.32. The fourth-order valence-electron chi connectivity index (χ4n) is 5.12. The highest BCUT2D eigenvalue weighted by atomic mass is 16.6. The molecular weight excluding hydrogens is 752 g/mol. The minimum atomic E-state index is -0.696. The molecule has 0 fully saturated rings. The Balaban J connectivity index is 5.98. The van der Waals surface area contributed by atoms with Gasteiger partial charge in [-0.25, -0.2) is 0 Å². The van der Waals surface area contributed by atoms with Gasteiger partial charge < -0.3 is 83.1 Å². The minimum Gasteiger partial charge on any atom is -0.393 e. The van der Waals surface area contributed by atoms with Crippen LogP contribution in [0.2, 0.25) is 0 Å². The van der Waals surface area contributed by atoms with Gasteiger partial charge in [0.2, 0.25) is 0 Å². The SMILES string of the molecule is CCC(COCC(COCC(C)O)OCC(C)O)(COCC(COCC(C)O)OCC(C)O)COCC(COCC(C)O)OCC(CCCC(C)O)OCC(C)O. The van der Waals surface area contributed by atoms with Crippen LogP contribution in [0.4, 0.5) is 0 Å². The Morgan fingerprint density at radius 2 is 0.632 bits per heavy atom. The first-order valence-corrected chi connectivity index (χ1v) is 20.7. The summed E-state index contributed by atoms with van der Waals surface area (Å²) < 4.78 is 59.5. The summed E-state index contributed by atoms with van der Waals surface area (Å²) in [5, 5.41) is 68.3. The lowest BCUT2D eigenvalue weighted by atomic mass is 9.88. The Hall–Kier alpha value is -0.680. The number of aliphatic hydroxyl groups excluding tert-OH is 7. The first-order chi connectivity index (χ1) is 27.0. The van der Waals surface area contributed by atoms with Gasteiger partial charge in [0.15, 0.2) is 0 Å². The van der Waals surface area contributed by atoms with E-state index in [1.54, 1.807) is 48.5 Å². The summed E-state index contributed by atoms with van der Waals surface area (Å²) in [5.74, 6) is 0. The van der Waals surface area contributed by atoms with Crippen molar-refractivity contribution in [3.8, 4) is 0 Å². The number of hydrogen-bond donors (Lipinski definition) is 7. The number of hydrogen-bond acceptors (Lipinski definition) is 17. The number of rotatable bonds is 41. The fraction of sp³-hybridized carbons (Fsp3) is 1.00. The average Bonchev–Trinajstić information content (AvgIpc) is 3.11. The first kappa shape index (κ1) is 56.3. The monoisotopic (exact) mass is 835 g/mol. The summed E-state index contributed by atoms with van der Waals surface area (Å²) >= 11 is 0. The van der Waals surface area contributed by atoms with E-state index in [9.17, 15) is 35.7 Å². The molecule has 0 aromatic rings. The van der Waals surface area contributed by atoms with Crippen molar-refractivity contribution in [2.75, 3.05) is 106 Å². The molecule has 11 unspecified atom stereocenters. The van der Waals surface area contributed by atoms with Crippen LogP contribution in [-0.2, 0) is 47.4 Å². The largest absolute Gasteiger partial charge is 0.393 e. The molecule has 0 aliphatic rings. The molecule has 7 N–H and O–H groups in total. The van der Waals surface area contributed by atoms with Gasteiger partial charge >= 0.3 is 0 Å². The first-order valence-electron chi connectivity index (χ1n) is 20.7. The van der Waals surface area contributed by atoms with Crippen molar-refractivity contribution in [3.63, 3.8) is 0 Å². The maximum absolute atomic E-state index is 9.82. The van der Waals surface area contributed by atoms with Crippen molar-refractivity contribution < 1.29 is 83.1 Å². The summed E-state index contributed by atoms with van der Waals surface area (Å²) in [6.45, 7) is 15.7. The van der Waals surface area contributed by atoms with Crippen LogP contribution in [0.5, 0.6) is 0 Å². The van der Waals surface area contributed by atoms with E-state index >= 15 is 0 Å². The van der Waals surface area contributed by atoms with Crippen molar-refractivity contribution in [3.05, 3.63) is 0 Å². The van der Waals surface area contributed by atoms with Gasteiger partial charge in [-0.1, -0.05) is 6.92 Å². The Morgan fingerprint density at radius 1 is 0.333 bits per heavy atom. The Labute approximate surface area is 342 Å². The predicted molar refractivity (Wildman–Crippen MR) is 212 cm³/mol. The van der Waals surface area contributed by atoms with Gasteiger partial charge in [-0.15, -0.1) is 0 Å². The van der Waals surface area contributed by atoms with Crippen LogP contribution in [0.25, 0.3) is 0 Å². The molecule has 0 rings (SSSR count). The van der Waals surface area contributed by atoms with E-state index in [1.165, 1.54) is 0 Å². The third-order valence-electron chi connectivity index (χ3n) is 8.26. The van der Waals surface area contributed by atoms with Crippen molar-refractivity contribution in [2.24, 2.45) is 5.41 Å². The summed E-state index contributed by atoms with van der Waals surface area (Å²) in [6, 6.07) is 0. The molecule has 0 saturated heterocycles. The number of ether oxygens (including phenoxy) is 10. The molecule has 0 aromatic carbocycles. The topological polar surface area (TPSA) is 234 Å². The summed E-state index contributed by atoms with van der Waals surface area (Å²) in [7, 11) is 0. The zero-order valence-corrected chi connectivity index (χ0v) is 36.2. The van der Waals surface area contributed by atoms with Crippen molar-refractivity contribution in [2.45, 2.75) is 148 Å². The molecule has 57 heavy (non-hydrogen) atoms. The molecule has 11 atom stereocenters. The van der Waals surface area contributed by atoms with E-state index in [1.807, 2.05) is 6.92 Å². The van der Waals surface area contributed by atoms with Crippen molar-refractivity contribution in [1.29, 1.82) is 0 Å². The van der Waals surface area contributed by atoms with Crippen molar-refractivity contribution >= 4 is 0 Å². The third-order valence-corrected chi connectivity index (χ3v) is 8.26. The van der Waals surface area contributed by atoms with Gasteiger partial charge in [-0.05, 0) is 74.1 Å². The van der Waals surface area contributed by atoms with Crippen LogP contribution < -0.4 is 0 Å². The van der Waals surface area contributed by atoms with E-state index in [-0.39, 0.29) is 112 Å². The maximum Gasteiger partial charge on any atom is 0.104 e. The quantitative estimate of drug-likeness (QED) is 0.0453.